The van der Waals surface area contributed by atoms with Gasteiger partial charge in [-0.15, -0.1) is 11.3 Å². The molecule has 10 heteroatoms. The van der Waals surface area contributed by atoms with Gasteiger partial charge in [0.1, 0.15) is 16.2 Å². The monoisotopic (exact) mass is 620 g/mol. The van der Waals surface area contributed by atoms with E-state index in [0.717, 1.165) is 51.5 Å². The Labute approximate surface area is 263 Å². The minimum absolute atomic E-state index is 0.0296. The molecule has 1 aliphatic carbocycles. The standard InChI is InChI=1S/C34H44N4O5S/c1-32(2,3)42-29(39)18-34(16-23-9-7-8-10-24(23)17-34)30(40)36-19-28-37-26-12-11-25(15-27(26)44-28)38-20-22(21-38)13-14-35-31(41)43-33(4,5)6/h7-12,15,22H,13-14,16-21H2,1-6H3,(H,35,41)(H,36,40). The Morgan fingerprint density at radius 3 is 2.25 bits per heavy atom. The Balaban J connectivity index is 1.16. The first-order valence-electron chi connectivity index (χ1n) is 15.4. The number of carbonyl (C=O) groups excluding carboxylic acids is 3. The number of hydrogen-bond acceptors (Lipinski definition) is 8. The van der Waals surface area contributed by atoms with Gasteiger partial charge < -0.3 is 25.0 Å². The molecule has 1 saturated heterocycles. The first kappa shape index (κ1) is 31.8. The van der Waals surface area contributed by atoms with E-state index in [1.807, 2.05) is 71.9 Å². The molecule has 3 aromatic rings. The number of nitrogens with one attached hydrogen (secondary N) is 2. The van der Waals surface area contributed by atoms with Gasteiger partial charge in [-0.05, 0) is 96.0 Å². The molecule has 2 aliphatic rings. The molecule has 1 aliphatic heterocycles. The minimum Gasteiger partial charge on any atom is -0.460 e. The number of fused-ring (bicyclic) bond motifs is 2. The zero-order valence-corrected chi connectivity index (χ0v) is 27.4. The molecular formula is C34H44N4O5S. The Hall–Kier alpha value is -3.66. The molecule has 0 unspecified atom stereocenters. The lowest BCUT2D eigenvalue weighted by molar-refractivity contribution is -0.160. The van der Waals surface area contributed by atoms with Gasteiger partial charge in [-0.25, -0.2) is 9.78 Å². The molecule has 9 nitrogen and oxygen atoms in total. The summed E-state index contributed by atoms with van der Waals surface area (Å²) < 4.78 is 12.0. The molecule has 0 spiro atoms. The average molecular weight is 621 g/mol. The van der Waals surface area contributed by atoms with Crippen LogP contribution in [0.4, 0.5) is 10.5 Å². The van der Waals surface area contributed by atoms with Crippen molar-refractivity contribution in [3.05, 3.63) is 58.6 Å². The smallest absolute Gasteiger partial charge is 0.407 e. The number of anilines is 1. The van der Waals surface area contributed by atoms with Gasteiger partial charge in [-0.1, -0.05) is 24.3 Å². The summed E-state index contributed by atoms with van der Waals surface area (Å²) in [4.78, 5) is 45.6. The zero-order chi connectivity index (χ0) is 31.7. The highest BCUT2D eigenvalue weighted by atomic mass is 32.1. The highest BCUT2D eigenvalue weighted by Crippen LogP contribution is 2.41. The maximum atomic E-state index is 13.7. The highest BCUT2D eigenvalue weighted by molar-refractivity contribution is 7.18. The van der Waals surface area contributed by atoms with Gasteiger partial charge in [0.25, 0.3) is 0 Å². The van der Waals surface area contributed by atoms with Crippen LogP contribution in [-0.4, -0.2) is 53.8 Å². The maximum Gasteiger partial charge on any atom is 0.407 e. The van der Waals surface area contributed by atoms with Gasteiger partial charge in [0.2, 0.25) is 5.91 Å². The summed E-state index contributed by atoms with van der Waals surface area (Å²) in [5.74, 6) is 0.00962. The van der Waals surface area contributed by atoms with E-state index in [0.29, 0.717) is 31.8 Å². The quantitative estimate of drug-likeness (QED) is 0.292. The van der Waals surface area contributed by atoms with Crippen LogP contribution in [0.5, 0.6) is 0 Å². The van der Waals surface area contributed by atoms with Gasteiger partial charge in [-0.2, -0.15) is 0 Å². The predicted octanol–water partition coefficient (Wildman–Crippen LogP) is 5.78. The molecule has 0 saturated carbocycles. The number of carbonyl (C=O) groups is 3. The second kappa shape index (κ2) is 12.4. The zero-order valence-electron chi connectivity index (χ0n) is 26.6. The first-order valence-corrected chi connectivity index (χ1v) is 16.2. The Morgan fingerprint density at radius 2 is 1.61 bits per heavy atom. The summed E-state index contributed by atoms with van der Waals surface area (Å²) in [5, 5.41) is 6.77. The summed E-state index contributed by atoms with van der Waals surface area (Å²) in [7, 11) is 0. The van der Waals surface area contributed by atoms with Crippen LogP contribution in [0.1, 0.15) is 70.5 Å². The van der Waals surface area contributed by atoms with E-state index < -0.39 is 16.6 Å². The predicted molar refractivity (Wildman–Crippen MR) is 173 cm³/mol. The molecule has 236 valence electrons. The van der Waals surface area contributed by atoms with Crippen LogP contribution in [0.25, 0.3) is 10.2 Å². The number of rotatable bonds is 9. The lowest BCUT2D eigenvalue weighted by Crippen LogP contribution is -2.48. The van der Waals surface area contributed by atoms with E-state index >= 15 is 0 Å². The second-order valence-corrected chi connectivity index (χ2v) is 15.2. The molecular weight excluding hydrogens is 576 g/mol. The van der Waals surface area contributed by atoms with Crippen molar-refractivity contribution in [2.75, 3.05) is 24.5 Å². The number of benzene rings is 2. The number of thiazole rings is 1. The van der Waals surface area contributed by atoms with Crippen LogP contribution in [0.3, 0.4) is 0 Å². The first-order chi connectivity index (χ1) is 20.7. The number of hydrogen-bond donors (Lipinski definition) is 2. The molecule has 1 aromatic heterocycles. The van der Waals surface area contributed by atoms with Crippen molar-refractivity contribution in [3.8, 4) is 0 Å². The maximum absolute atomic E-state index is 13.7. The fraction of sp³-hybridized carbons (Fsp3) is 0.529. The van der Waals surface area contributed by atoms with E-state index in [1.165, 1.54) is 0 Å². The van der Waals surface area contributed by atoms with Crippen LogP contribution in [0.15, 0.2) is 42.5 Å². The van der Waals surface area contributed by atoms with Crippen LogP contribution >= 0.6 is 11.3 Å². The summed E-state index contributed by atoms with van der Waals surface area (Å²) in [5.41, 5.74) is 2.26. The molecule has 44 heavy (non-hydrogen) atoms. The number of esters is 1. The number of ether oxygens (including phenoxy) is 2. The SMILES string of the molecule is CC(C)(C)OC(=O)CC1(C(=O)NCc2nc3ccc(N4CC(CCNC(=O)OC(C)(C)C)C4)cc3s2)Cc2ccccc2C1. The Kier molecular flexibility index (Phi) is 8.94. The molecule has 1 fully saturated rings. The van der Waals surface area contributed by atoms with Crippen LogP contribution in [-0.2, 0) is 38.4 Å². The number of alkyl carbamates (subject to hydrolysis) is 1. The van der Waals surface area contributed by atoms with E-state index in [2.05, 4.69) is 27.7 Å². The fourth-order valence-corrected chi connectivity index (χ4v) is 6.89. The van der Waals surface area contributed by atoms with Gasteiger partial charge in [-0.3, -0.25) is 9.59 Å². The third-order valence-electron chi connectivity index (χ3n) is 7.92. The largest absolute Gasteiger partial charge is 0.460 e. The minimum atomic E-state index is -0.883. The molecule has 2 amide bonds. The second-order valence-electron chi connectivity index (χ2n) is 14.1. The third kappa shape index (κ3) is 7.88. The van der Waals surface area contributed by atoms with Crippen molar-refractivity contribution in [2.24, 2.45) is 11.3 Å². The number of nitrogens with zero attached hydrogens (tertiary/aromatic N) is 2. The van der Waals surface area contributed by atoms with Crippen molar-refractivity contribution in [1.29, 1.82) is 0 Å². The van der Waals surface area contributed by atoms with Crippen molar-refractivity contribution in [1.82, 2.24) is 15.6 Å². The molecule has 0 bridgehead atoms. The highest BCUT2D eigenvalue weighted by Gasteiger charge is 2.46. The number of aromatic nitrogens is 1. The topological polar surface area (TPSA) is 110 Å². The third-order valence-corrected chi connectivity index (χ3v) is 8.94. The van der Waals surface area contributed by atoms with Crippen molar-refractivity contribution < 1.29 is 23.9 Å². The van der Waals surface area contributed by atoms with Gasteiger partial charge in [0, 0.05) is 25.3 Å². The normalized spacial score (nSPS) is 16.3. The molecule has 2 N–H and O–H groups in total. The molecule has 0 radical (unpaired) electrons. The van der Waals surface area contributed by atoms with Gasteiger partial charge >= 0.3 is 12.1 Å². The van der Waals surface area contributed by atoms with Crippen LogP contribution in [0.2, 0.25) is 0 Å². The van der Waals surface area contributed by atoms with Crippen molar-refractivity contribution >= 4 is 45.2 Å². The van der Waals surface area contributed by atoms with E-state index in [4.69, 9.17) is 14.5 Å². The molecule has 2 heterocycles. The summed E-state index contributed by atoms with van der Waals surface area (Å²) in [6.45, 7) is 13.9. The molecule has 2 aromatic carbocycles. The van der Waals surface area contributed by atoms with Crippen LogP contribution in [0, 0.1) is 11.3 Å². The lowest BCUT2D eigenvalue weighted by atomic mass is 9.80. The van der Waals surface area contributed by atoms with E-state index in [9.17, 15) is 14.4 Å². The Bertz CT molecular complexity index is 1510. The van der Waals surface area contributed by atoms with E-state index in [-0.39, 0.29) is 24.4 Å². The summed E-state index contributed by atoms with van der Waals surface area (Å²) in [6, 6.07) is 14.3. The van der Waals surface area contributed by atoms with Crippen molar-refractivity contribution in [3.63, 3.8) is 0 Å². The van der Waals surface area contributed by atoms with E-state index in [1.54, 1.807) is 11.3 Å². The summed E-state index contributed by atoms with van der Waals surface area (Å²) in [6.07, 6.45) is 1.57. The summed E-state index contributed by atoms with van der Waals surface area (Å²) >= 11 is 1.57. The Morgan fingerprint density at radius 1 is 0.955 bits per heavy atom. The fourth-order valence-electron chi connectivity index (χ4n) is 5.95. The molecule has 5 rings (SSSR count). The van der Waals surface area contributed by atoms with Crippen LogP contribution < -0.4 is 15.5 Å². The van der Waals surface area contributed by atoms with Gasteiger partial charge in [0.05, 0.1) is 28.6 Å². The molecule has 0 atom stereocenters. The van der Waals surface area contributed by atoms with Crippen molar-refractivity contribution in [2.45, 2.75) is 85.0 Å². The average Bonchev–Trinajstić information content (AvgIpc) is 3.47. The number of amides is 2. The lowest BCUT2D eigenvalue weighted by Gasteiger charge is -2.41. The van der Waals surface area contributed by atoms with Gasteiger partial charge in [0.15, 0.2) is 0 Å².